The van der Waals surface area contributed by atoms with Crippen LogP contribution in [0.1, 0.15) is 29.0 Å². The van der Waals surface area contributed by atoms with Gasteiger partial charge in [-0.3, -0.25) is 14.4 Å². The Labute approximate surface area is 200 Å². The molecule has 1 aromatic heterocycles. The van der Waals surface area contributed by atoms with Gasteiger partial charge in [-0.25, -0.2) is 0 Å². The van der Waals surface area contributed by atoms with Gasteiger partial charge in [-0.05, 0) is 23.3 Å². The van der Waals surface area contributed by atoms with E-state index in [0.717, 1.165) is 5.56 Å². The second-order valence-corrected chi connectivity index (χ2v) is 8.71. The van der Waals surface area contributed by atoms with Crippen LogP contribution in [0.15, 0.2) is 58.5 Å². The highest BCUT2D eigenvalue weighted by Gasteiger charge is 2.32. The van der Waals surface area contributed by atoms with E-state index in [9.17, 15) is 14.4 Å². The highest BCUT2D eigenvalue weighted by atomic mass is 32.2. The van der Waals surface area contributed by atoms with Gasteiger partial charge in [0.1, 0.15) is 5.82 Å². The van der Waals surface area contributed by atoms with E-state index in [-0.39, 0.29) is 24.5 Å². The van der Waals surface area contributed by atoms with E-state index in [4.69, 9.17) is 15.2 Å². The molecule has 0 bridgehead atoms. The average Bonchev–Trinajstić information content (AvgIpc) is 2.84. The molecule has 0 saturated carbocycles. The normalized spacial score (nSPS) is 14.8. The molecule has 10 heteroatoms. The van der Waals surface area contributed by atoms with Crippen LogP contribution in [0.5, 0.6) is 11.5 Å². The minimum absolute atomic E-state index is 0.0884. The largest absolute Gasteiger partial charge is 0.493 e. The third kappa shape index (κ3) is 4.91. The third-order valence-electron chi connectivity index (χ3n) is 5.47. The topological polar surface area (TPSA) is 126 Å². The van der Waals surface area contributed by atoms with Crippen molar-refractivity contribution in [2.45, 2.75) is 23.2 Å². The van der Waals surface area contributed by atoms with Crippen LogP contribution in [0.4, 0.5) is 5.82 Å². The second kappa shape index (κ2) is 10.0. The summed E-state index contributed by atoms with van der Waals surface area (Å²) in [5.74, 6) is 0.453. The molecule has 3 N–H and O–H groups in total. The van der Waals surface area contributed by atoms with Gasteiger partial charge in [0.25, 0.3) is 11.5 Å². The number of fused-ring (bicyclic) bond motifs is 1. The first-order valence-electron chi connectivity index (χ1n) is 10.5. The van der Waals surface area contributed by atoms with Gasteiger partial charge in [0, 0.05) is 25.1 Å². The number of hydrogen-bond acceptors (Lipinski definition) is 7. The lowest BCUT2D eigenvalue weighted by Crippen LogP contribution is -2.33. The monoisotopic (exact) mass is 480 g/mol. The summed E-state index contributed by atoms with van der Waals surface area (Å²) in [6.45, 7) is -0.293. The number of nitrogens with zero attached hydrogens (tertiary/aromatic N) is 2. The van der Waals surface area contributed by atoms with Crippen LogP contribution >= 0.6 is 11.8 Å². The number of benzene rings is 2. The molecule has 2 aromatic carbocycles. The van der Waals surface area contributed by atoms with Gasteiger partial charge in [0.2, 0.25) is 5.91 Å². The maximum Gasteiger partial charge on any atom is 0.279 e. The molecule has 176 valence electrons. The number of thioether (sulfide) groups is 1. The maximum atomic E-state index is 13.1. The number of nitrogens with one attached hydrogen (secondary N) is 1. The standard InChI is InChI=1S/C24H24N4O5S/c1-28-22-21(23(31)27-24(28)34-13-14-6-4-3-5-7-14)16(11-20(30)26-22)15-8-9-17(18(10-15)32-2)33-12-19(25)29/h3-10,16H,11-13H2,1-2H3,(H2,25,29)(H,26,30)/t16-/m0/s1. The van der Waals surface area contributed by atoms with Gasteiger partial charge >= 0.3 is 0 Å². The minimum Gasteiger partial charge on any atom is -0.493 e. The predicted molar refractivity (Wildman–Crippen MR) is 128 cm³/mol. The summed E-state index contributed by atoms with van der Waals surface area (Å²) in [7, 11) is 3.25. The van der Waals surface area contributed by atoms with Crippen molar-refractivity contribution in [3.8, 4) is 11.5 Å². The summed E-state index contributed by atoms with van der Waals surface area (Å²) in [6, 6.07) is 14.9. The van der Waals surface area contributed by atoms with E-state index in [1.165, 1.54) is 18.9 Å². The summed E-state index contributed by atoms with van der Waals surface area (Å²) in [4.78, 5) is 41.1. The Kier molecular flexibility index (Phi) is 6.87. The zero-order valence-electron chi connectivity index (χ0n) is 18.7. The number of amides is 2. The van der Waals surface area contributed by atoms with Crippen LogP contribution in [0.2, 0.25) is 0 Å². The fourth-order valence-electron chi connectivity index (χ4n) is 3.84. The Bertz CT molecular complexity index is 1290. The first kappa shape index (κ1) is 23.4. The molecule has 4 rings (SSSR count). The first-order valence-corrected chi connectivity index (χ1v) is 11.5. The Balaban J connectivity index is 1.69. The quantitative estimate of drug-likeness (QED) is 0.375. The van der Waals surface area contributed by atoms with Gasteiger partial charge in [0.05, 0.1) is 12.7 Å². The smallest absolute Gasteiger partial charge is 0.279 e. The van der Waals surface area contributed by atoms with Crippen molar-refractivity contribution in [1.29, 1.82) is 0 Å². The molecule has 0 aliphatic carbocycles. The molecule has 0 saturated heterocycles. The molecule has 0 fully saturated rings. The molecule has 0 spiro atoms. The molecule has 1 atom stereocenters. The van der Waals surface area contributed by atoms with E-state index in [1.807, 2.05) is 30.3 Å². The van der Waals surface area contributed by atoms with Crippen molar-refractivity contribution in [3.05, 3.63) is 75.6 Å². The molecule has 2 amide bonds. The maximum absolute atomic E-state index is 13.1. The number of aromatic nitrogens is 2. The summed E-state index contributed by atoms with van der Waals surface area (Å²) in [5, 5.41) is 3.36. The van der Waals surface area contributed by atoms with Crippen molar-refractivity contribution in [3.63, 3.8) is 0 Å². The van der Waals surface area contributed by atoms with Crippen LogP contribution in [-0.4, -0.2) is 35.1 Å². The lowest BCUT2D eigenvalue weighted by Gasteiger charge is -2.28. The molecule has 3 aromatic rings. The van der Waals surface area contributed by atoms with Crippen molar-refractivity contribution in [2.24, 2.45) is 12.8 Å². The molecule has 0 radical (unpaired) electrons. The van der Waals surface area contributed by atoms with E-state index in [2.05, 4.69) is 10.3 Å². The first-order chi connectivity index (χ1) is 16.4. The molecular formula is C24H24N4O5S. The zero-order chi connectivity index (χ0) is 24.2. The molecular weight excluding hydrogens is 456 g/mol. The van der Waals surface area contributed by atoms with E-state index >= 15 is 0 Å². The third-order valence-corrected chi connectivity index (χ3v) is 6.57. The number of carbonyl (C=O) groups excluding carboxylic acids is 2. The molecule has 0 unspecified atom stereocenters. The molecule has 2 heterocycles. The number of ether oxygens (including phenoxy) is 2. The van der Waals surface area contributed by atoms with Gasteiger partial charge in [-0.1, -0.05) is 48.2 Å². The van der Waals surface area contributed by atoms with Crippen LogP contribution in [0.25, 0.3) is 0 Å². The van der Waals surface area contributed by atoms with Gasteiger partial charge < -0.3 is 25.1 Å². The highest BCUT2D eigenvalue weighted by Crippen LogP contribution is 2.39. The lowest BCUT2D eigenvalue weighted by atomic mass is 9.86. The number of nitrogens with two attached hydrogens (primary N) is 1. The van der Waals surface area contributed by atoms with E-state index in [0.29, 0.717) is 39.4 Å². The van der Waals surface area contributed by atoms with Gasteiger partial charge in [-0.2, -0.15) is 4.98 Å². The van der Waals surface area contributed by atoms with Crippen LogP contribution in [-0.2, 0) is 22.4 Å². The number of methoxy groups -OCH3 is 1. The van der Waals surface area contributed by atoms with E-state index < -0.39 is 11.8 Å². The van der Waals surface area contributed by atoms with Crippen molar-refractivity contribution in [1.82, 2.24) is 9.55 Å². The Morgan fingerprint density at radius 3 is 2.68 bits per heavy atom. The SMILES string of the molecule is COc1cc([C@@H]2CC(=O)Nc3c2c(=O)nc(SCc2ccccc2)n3C)ccc1OCC(N)=O. The van der Waals surface area contributed by atoms with Crippen LogP contribution in [0.3, 0.4) is 0 Å². The fourth-order valence-corrected chi connectivity index (χ4v) is 4.76. The number of hydrogen-bond donors (Lipinski definition) is 2. The van der Waals surface area contributed by atoms with Crippen molar-refractivity contribution < 1.29 is 19.1 Å². The summed E-state index contributed by atoms with van der Waals surface area (Å²) < 4.78 is 12.5. The Morgan fingerprint density at radius 1 is 1.21 bits per heavy atom. The van der Waals surface area contributed by atoms with Gasteiger partial charge in [-0.15, -0.1) is 0 Å². The Hall–Kier alpha value is -3.79. The number of rotatable bonds is 8. The summed E-state index contributed by atoms with van der Waals surface area (Å²) in [6.07, 6.45) is 0.0884. The zero-order valence-corrected chi connectivity index (χ0v) is 19.6. The molecule has 1 aliphatic rings. The number of anilines is 1. The minimum atomic E-state index is -0.612. The lowest BCUT2D eigenvalue weighted by molar-refractivity contribution is -0.120. The van der Waals surface area contributed by atoms with Gasteiger partial charge in [0.15, 0.2) is 23.3 Å². The number of carbonyl (C=O) groups is 2. The van der Waals surface area contributed by atoms with Crippen molar-refractivity contribution in [2.75, 3.05) is 19.0 Å². The number of primary amides is 1. The summed E-state index contributed by atoms with van der Waals surface area (Å²) >= 11 is 1.43. The highest BCUT2D eigenvalue weighted by molar-refractivity contribution is 7.98. The Morgan fingerprint density at radius 2 is 1.97 bits per heavy atom. The van der Waals surface area contributed by atoms with Crippen LogP contribution in [0, 0.1) is 0 Å². The molecule has 1 aliphatic heterocycles. The average molecular weight is 481 g/mol. The summed E-state index contributed by atoms with van der Waals surface area (Å²) in [5.41, 5.74) is 6.98. The molecule has 9 nitrogen and oxygen atoms in total. The molecule has 34 heavy (non-hydrogen) atoms. The fraction of sp³-hybridized carbons (Fsp3) is 0.250. The van der Waals surface area contributed by atoms with Crippen LogP contribution < -0.4 is 26.1 Å². The van der Waals surface area contributed by atoms with E-state index in [1.54, 1.807) is 29.8 Å². The van der Waals surface area contributed by atoms with Crippen molar-refractivity contribution >= 4 is 29.4 Å². The second-order valence-electron chi connectivity index (χ2n) is 7.77. The predicted octanol–water partition coefficient (Wildman–Crippen LogP) is 2.42.